The van der Waals surface area contributed by atoms with E-state index in [2.05, 4.69) is 11.6 Å². The molecular weight excluding hydrogens is 429 g/mol. The Labute approximate surface area is 193 Å². The van der Waals surface area contributed by atoms with Crippen molar-refractivity contribution in [3.8, 4) is 0 Å². The van der Waals surface area contributed by atoms with Crippen LogP contribution in [-0.4, -0.2) is 24.8 Å². The fraction of sp³-hybridized carbons (Fsp3) is 0.120. The molecule has 0 bridgehead atoms. The van der Waals surface area contributed by atoms with Gasteiger partial charge < -0.3 is 0 Å². The second-order valence-corrected chi connectivity index (χ2v) is 7.89. The van der Waals surface area contributed by atoms with Crippen molar-refractivity contribution >= 4 is 41.3 Å². The van der Waals surface area contributed by atoms with Gasteiger partial charge >= 0.3 is 5.91 Å². The number of carbonyl (C=O) groups is 1. The summed E-state index contributed by atoms with van der Waals surface area (Å²) in [7, 11) is 1.88. The Balaban J connectivity index is 0.00000272. The van der Waals surface area contributed by atoms with E-state index in [9.17, 15) is 4.79 Å². The third kappa shape index (κ3) is 3.95. The average Bonchev–Trinajstić information content (AvgIpc) is 2.86. The topological polar surface area (TPSA) is 55.5 Å². The number of amides is 1. The van der Waals surface area contributed by atoms with Gasteiger partial charge in [-0.3, -0.25) is 10.7 Å². The molecule has 0 spiro atoms. The monoisotopic (exact) mass is 452 g/mol. The molecule has 0 saturated carbocycles. The van der Waals surface area contributed by atoms with Gasteiger partial charge in [0.05, 0.1) is 18.3 Å². The van der Waals surface area contributed by atoms with Crippen molar-refractivity contribution in [2.24, 2.45) is 10.7 Å². The lowest BCUT2D eigenvalue weighted by Crippen LogP contribution is -2.58. The molecule has 2 N–H and O–H groups in total. The molecule has 6 heteroatoms. The minimum absolute atomic E-state index is 0. The van der Waals surface area contributed by atoms with Crippen LogP contribution in [0.2, 0.25) is 5.02 Å². The van der Waals surface area contributed by atoms with Crippen molar-refractivity contribution in [3.63, 3.8) is 0 Å². The lowest BCUT2D eigenvalue weighted by molar-refractivity contribution is -0.131. The predicted molar refractivity (Wildman–Crippen MR) is 131 cm³/mol. The van der Waals surface area contributed by atoms with Crippen molar-refractivity contribution in [1.82, 2.24) is 4.48 Å². The SMILES string of the molecule is C=CC(c1ccc(Cl)cc1)[N+]1(C)C(=O)C(N)N=C(c2ccccc2)c2ccccc21.Cl. The highest BCUT2D eigenvalue weighted by atomic mass is 35.5. The van der Waals surface area contributed by atoms with Gasteiger partial charge in [0.25, 0.3) is 0 Å². The fourth-order valence-corrected chi connectivity index (χ4v) is 4.28. The first-order chi connectivity index (χ1) is 14.5. The Morgan fingerprint density at radius 1 is 1.03 bits per heavy atom. The van der Waals surface area contributed by atoms with Gasteiger partial charge in [0.1, 0.15) is 11.7 Å². The molecule has 3 aromatic rings. The number of fused-ring (bicyclic) bond motifs is 1. The number of nitrogens with zero attached hydrogens (tertiary/aromatic N) is 2. The zero-order valence-corrected chi connectivity index (χ0v) is 18.7. The standard InChI is InChI=1S/C25H23ClN3O.ClH/c1-3-21(17-13-15-19(26)16-14-17)29(2)22-12-8-7-11-20(22)23(28-24(27)25(29)30)18-9-5-4-6-10-18;/h3-16,21,24H,1,27H2,2H3;1H/q+1;. The number of para-hydroxylation sites is 1. The summed E-state index contributed by atoms with van der Waals surface area (Å²) >= 11 is 6.09. The van der Waals surface area contributed by atoms with Crippen LogP contribution in [0, 0.1) is 0 Å². The van der Waals surface area contributed by atoms with Gasteiger partial charge in [-0.15, -0.1) is 12.4 Å². The van der Waals surface area contributed by atoms with Gasteiger partial charge in [0, 0.05) is 22.2 Å². The zero-order valence-electron chi connectivity index (χ0n) is 17.1. The minimum atomic E-state index is -1.01. The molecule has 1 aliphatic rings. The quantitative estimate of drug-likeness (QED) is 0.431. The van der Waals surface area contributed by atoms with Crippen molar-refractivity contribution in [2.75, 3.05) is 7.05 Å². The van der Waals surface area contributed by atoms with Crippen molar-refractivity contribution in [3.05, 3.63) is 113 Å². The molecule has 3 aromatic carbocycles. The number of carbonyl (C=O) groups excluding carboxylic acids is 1. The summed E-state index contributed by atoms with van der Waals surface area (Å²) in [5, 5.41) is 0.637. The summed E-state index contributed by atoms with van der Waals surface area (Å²) in [5.74, 6) is -0.201. The van der Waals surface area contributed by atoms with Crippen LogP contribution in [0.5, 0.6) is 0 Å². The number of quaternary nitrogens is 1. The summed E-state index contributed by atoms with van der Waals surface area (Å²) in [5.41, 5.74) is 10.6. The molecule has 3 unspecified atom stereocenters. The van der Waals surface area contributed by atoms with Crippen LogP contribution in [-0.2, 0) is 4.79 Å². The number of rotatable bonds is 4. The second-order valence-electron chi connectivity index (χ2n) is 7.45. The number of hydrogen-bond donors (Lipinski definition) is 1. The van der Waals surface area contributed by atoms with E-state index in [4.69, 9.17) is 17.3 Å². The van der Waals surface area contributed by atoms with E-state index in [1.54, 1.807) is 6.08 Å². The molecule has 1 aliphatic heterocycles. The van der Waals surface area contributed by atoms with Crippen LogP contribution < -0.4 is 10.2 Å². The second kappa shape index (κ2) is 9.16. The maximum Gasteiger partial charge on any atom is 0.358 e. The normalized spacial score (nSPS) is 21.2. The van der Waals surface area contributed by atoms with Crippen LogP contribution in [0.15, 0.2) is 96.5 Å². The number of aliphatic imine (C=N–C) groups is 1. The highest BCUT2D eigenvalue weighted by Crippen LogP contribution is 2.40. The lowest BCUT2D eigenvalue weighted by Gasteiger charge is -2.38. The largest absolute Gasteiger partial charge is 0.358 e. The summed E-state index contributed by atoms with van der Waals surface area (Å²) in [6.07, 6.45) is 0.783. The number of hydrogen-bond acceptors (Lipinski definition) is 3. The van der Waals surface area contributed by atoms with Crippen LogP contribution in [0.3, 0.4) is 0 Å². The van der Waals surface area contributed by atoms with Crippen LogP contribution in [0.25, 0.3) is 0 Å². The first kappa shape index (κ1) is 22.9. The van der Waals surface area contributed by atoms with Gasteiger partial charge in [0.15, 0.2) is 0 Å². The van der Waals surface area contributed by atoms with Gasteiger partial charge in [-0.1, -0.05) is 72.8 Å². The van der Waals surface area contributed by atoms with Crippen molar-refractivity contribution in [2.45, 2.75) is 12.2 Å². The van der Waals surface area contributed by atoms with E-state index >= 15 is 0 Å². The number of nitrogens with two attached hydrogens (primary N) is 1. The highest BCUT2D eigenvalue weighted by molar-refractivity contribution is 6.30. The van der Waals surface area contributed by atoms with E-state index in [1.807, 2.05) is 85.9 Å². The van der Waals surface area contributed by atoms with Gasteiger partial charge in [-0.2, -0.15) is 0 Å². The summed E-state index contributed by atoms with van der Waals surface area (Å²) in [4.78, 5) is 18.4. The number of likely N-dealkylation sites (N-methyl/N-ethyl adjacent to an activating group) is 1. The zero-order chi connectivity index (χ0) is 21.3. The van der Waals surface area contributed by atoms with Gasteiger partial charge in [-0.05, 0) is 24.3 Å². The Hall–Kier alpha value is -2.76. The van der Waals surface area contributed by atoms with E-state index in [-0.39, 0.29) is 28.8 Å². The lowest BCUT2D eigenvalue weighted by atomic mass is 9.96. The van der Waals surface area contributed by atoms with Crippen molar-refractivity contribution in [1.29, 1.82) is 0 Å². The Kier molecular flexibility index (Phi) is 6.77. The molecule has 4 nitrogen and oxygen atoms in total. The Morgan fingerprint density at radius 3 is 2.29 bits per heavy atom. The third-order valence-electron chi connectivity index (χ3n) is 5.68. The summed E-state index contributed by atoms with van der Waals surface area (Å²) in [6, 6.07) is 24.8. The Bertz CT molecular complexity index is 1130. The van der Waals surface area contributed by atoms with Gasteiger partial charge in [-0.25, -0.2) is 9.28 Å². The summed E-state index contributed by atoms with van der Waals surface area (Å²) < 4.78 is -0.0672. The van der Waals surface area contributed by atoms with Gasteiger partial charge in [0.2, 0.25) is 6.17 Å². The predicted octanol–water partition coefficient (Wildman–Crippen LogP) is 5.29. The van der Waals surface area contributed by atoms with E-state index < -0.39 is 6.17 Å². The maximum atomic E-state index is 13.7. The third-order valence-corrected chi connectivity index (χ3v) is 5.93. The highest BCUT2D eigenvalue weighted by Gasteiger charge is 2.48. The van der Waals surface area contributed by atoms with Crippen LogP contribution in [0.1, 0.15) is 22.7 Å². The molecule has 0 saturated heterocycles. The maximum absolute atomic E-state index is 13.7. The number of benzene rings is 3. The van der Waals surface area contributed by atoms with Crippen molar-refractivity contribution < 1.29 is 4.79 Å². The molecule has 3 atom stereocenters. The molecule has 1 amide bonds. The molecule has 158 valence electrons. The van der Waals surface area contributed by atoms with Crippen LogP contribution >= 0.6 is 24.0 Å². The number of halogens is 2. The molecule has 0 aromatic heterocycles. The molecule has 4 rings (SSSR count). The number of benzodiazepines with no additional fused rings is 1. The smallest absolute Gasteiger partial charge is 0.298 e. The molecule has 0 radical (unpaired) electrons. The molecule has 31 heavy (non-hydrogen) atoms. The fourth-order valence-electron chi connectivity index (χ4n) is 4.15. The first-order valence-electron chi connectivity index (χ1n) is 9.74. The molecule has 0 aliphatic carbocycles. The molecule has 0 fully saturated rings. The molecule has 1 heterocycles. The first-order valence-corrected chi connectivity index (χ1v) is 10.1. The van der Waals surface area contributed by atoms with E-state index in [1.165, 1.54) is 0 Å². The molecular formula is C25H24Cl2N3O+. The van der Waals surface area contributed by atoms with E-state index in [0.717, 1.165) is 22.4 Å². The average molecular weight is 453 g/mol. The minimum Gasteiger partial charge on any atom is -0.298 e. The summed E-state index contributed by atoms with van der Waals surface area (Å²) in [6.45, 7) is 4.04. The Morgan fingerprint density at radius 2 is 1.65 bits per heavy atom. The van der Waals surface area contributed by atoms with E-state index in [0.29, 0.717) is 10.7 Å². The van der Waals surface area contributed by atoms with Crippen LogP contribution in [0.4, 0.5) is 5.69 Å².